The molecule has 0 radical (unpaired) electrons. The van der Waals surface area contributed by atoms with Crippen molar-refractivity contribution in [3.8, 4) is 5.75 Å². The van der Waals surface area contributed by atoms with Gasteiger partial charge in [-0.25, -0.2) is 4.68 Å². The lowest BCUT2D eigenvalue weighted by atomic mass is 10.1. The number of tetrazole rings is 1. The first-order valence-electron chi connectivity index (χ1n) is 8.65. The molecule has 0 atom stereocenters. The van der Waals surface area contributed by atoms with Crippen molar-refractivity contribution in [3.05, 3.63) is 65.5 Å². The van der Waals surface area contributed by atoms with Crippen LogP contribution in [-0.4, -0.2) is 32.0 Å². The number of hydrogen-bond donors (Lipinski definition) is 2. The Morgan fingerprint density at radius 1 is 1.14 bits per heavy atom. The monoisotopic (exact) mass is 380 g/mol. The largest absolute Gasteiger partial charge is 0.486 e. The van der Waals surface area contributed by atoms with E-state index in [0.29, 0.717) is 28.4 Å². The maximum atomic E-state index is 12.5. The average molecular weight is 380 g/mol. The molecule has 0 fully saturated rings. The Morgan fingerprint density at radius 3 is 2.64 bits per heavy atom. The number of carbonyl (C=O) groups is 2. The number of primary amides is 1. The predicted molar refractivity (Wildman–Crippen MR) is 102 cm³/mol. The van der Waals surface area contributed by atoms with Gasteiger partial charge in [0.2, 0.25) is 5.91 Å². The van der Waals surface area contributed by atoms with Crippen LogP contribution in [-0.2, 0) is 6.61 Å². The summed E-state index contributed by atoms with van der Waals surface area (Å²) >= 11 is 0. The molecule has 3 aromatic rings. The summed E-state index contributed by atoms with van der Waals surface area (Å²) in [7, 11) is 0. The van der Waals surface area contributed by atoms with E-state index in [2.05, 4.69) is 20.8 Å². The average Bonchev–Trinajstić information content (AvgIpc) is 3.16. The molecule has 0 unspecified atom stereocenters. The Kier molecular flexibility index (Phi) is 5.64. The summed E-state index contributed by atoms with van der Waals surface area (Å²) in [5, 5.41) is 14.3. The molecule has 0 bridgehead atoms. The van der Waals surface area contributed by atoms with Gasteiger partial charge in [0.25, 0.3) is 5.91 Å². The first kappa shape index (κ1) is 19.0. The van der Waals surface area contributed by atoms with Gasteiger partial charge < -0.3 is 15.8 Å². The summed E-state index contributed by atoms with van der Waals surface area (Å²) < 4.78 is 7.40. The molecule has 2 amide bonds. The van der Waals surface area contributed by atoms with Gasteiger partial charge in [-0.2, -0.15) is 0 Å². The minimum Gasteiger partial charge on any atom is -0.486 e. The van der Waals surface area contributed by atoms with Crippen molar-refractivity contribution in [3.63, 3.8) is 0 Å². The smallest absolute Gasteiger partial charge is 0.255 e. The fraction of sp³-hybridized carbons (Fsp3) is 0.211. The Labute approximate surface area is 161 Å². The SMILES string of the molecule is CC(C)n1nnnc1COc1cccc(C(=O)Nc2cccc(C(N)=O)c2)c1. The molecule has 1 aromatic heterocycles. The van der Waals surface area contributed by atoms with Crippen LogP contribution in [0.25, 0.3) is 0 Å². The van der Waals surface area contributed by atoms with Crippen LogP contribution >= 0.6 is 0 Å². The topological polar surface area (TPSA) is 125 Å². The number of nitrogens with one attached hydrogen (secondary N) is 1. The molecule has 28 heavy (non-hydrogen) atoms. The number of ether oxygens (including phenoxy) is 1. The zero-order valence-electron chi connectivity index (χ0n) is 15.5. The fourth-order valence-electron chi connectivity index (χ4n) is 2.54. The van der Waals surface area contributed by atoms with Crippen LogP contribution in [0.2, 0.25) is 0 Å². The van der Waals surface area contributed by atoms with Gasteiger partial charge in [0.05, 0.1) is 6.04 Å². The predicted octanol–water partition coefficient (Wildman–Crippen LogP) is 2.18. The molecule has 9 nitrogen and oxygen atoms in total. The molecular formula is C19H20N6O3. The third kappa shape index (κ3) is 4.50. The summed E-state index contributed by atoms with van der Waals surface area (Å²) in [6.45, 7) is 4.12. The molecule has 0 saturated carbocycles. The van der Waals surface area contributed by atoms with E-state index in [4.69, 9.17) is 10.5 Å². The van der Waals surface area contributed by atoms with Gasteiger partial charge in [0.1, 0.15) is 12.4 Å². The maximum absolute atomic E-state index is 12.5. The molecule has 9 heteroatoms. The molecule has 3 rings (SSSR count). The quantitative estimate of drug-likeness (QED) is 0.647. The number of rotatable bonds is 7. The second kappa shape index (κ2) is 8.30. The molecular weight excluding hydrogens is 360 g/mol. The number of benzene rings is 2. The van der Waals surface area contributed by atoms with Gasteiger partial charge in [0, 0.05) is 16.8 Å². The third-order valence-corrected chi connectivity index (χ3v) is 3.92. The Bertz CT molecular complexity index is 999. The van der Waals surface area contributed by atoms with Crippen molar-refractivity contribution in [2.24, 2.45) is 5.73 Å². The Morgan fingerprint density at radius 2 is 1.89 bits per heavy atom. The van der Waals surface area contributed by atoms with Gasteiger partial charge in [-0.3, -0.25) is 9.59 Å². The maximum Gasteiger partial charge on any atom is 0.255 e. The van der Waals surface area contributed by atoms with Crippen LogP contribution in [0, 0.1) is 0 Å². The molecule has 144 valence electrons. The minimum absolute atomic E-state index is 0.113. The Balaban J connectivity index is 1.68. The van der Waals surface area contributed by atoms with Crippen LogP contribution < -0.4 is 15.8 Å². The first-order valence-corrected chi connectivity index (χ1v) is 8.65. The van der Waals surface area contributed by atoms with Crippen molar-refractivity contribution in [2.75, 3.05) is 5.32 Å². The lowest BCUT2D eigenvalue weighted by molar-refractivity contribution is 0.0996. The standard InChI is InChI=1S/C19H20N6O3/c1-12(2)25-17(22-23-24-25)11-28-16-8-4-6-14(10-16)19(27)21-15-7-3-5-13(9-15)18(20)26/h3-10,12H,11H2,1-2H3,(H2,20,26)(H,21,27). The summed E-state index contributed by atoms with van der Waals surface area (Å²) in [5.41, 5.74) is 6.46. The number of carbonyl (C=O) groups excluding carboxylic acids is 2. The Hall–Kier alpha value is -3.75. The number of nitrogens with zero attached hydrogens (tertiary/aromatic N) is 4. The van der Waals surface area contributed by atoms with E-state index in [1.807, 2.05) is 13.8 Å². The summed E-state index contributed by atoms with van der Waals surface area (Å²) in [6.07, 6.45) is 0. The molecule has 0 aliphatic carbocycles. The van der Waals surface area contributed by atoms with E-state index in [9.17, 15) is 9.59 Å². The number of hydrogen-bond acceptors (Lipinski definition) is 6. The molecule has 3 N–H and O–H groups in total. The van der Waals surface area contributed by atoms with Gasteiger partial charge >= 0.3 is 0 Å². The highest BCUT2D eigenvalue weighted by atomic mass is 16.5. The van der Waals surface area contributed by atoms with Gasteiger partial charge in [-0.15, -0.1) is 5.10 Å². The second-order valence-corrected chi connectivity index (χ2v) is 6.35. The van der Waals surface area contributed by atoms with E-state index in [1.165, 1.54) is 6.07 Å². The number of amides is 2. The summed E-state index contributed by atoms with van der Waals surface area (Å²) in [4.78, 5) is 23.8. The highest BCUT2D eigenvalue weighted by Crippen LogP contribution is 2.17. The molecule has 1 heterocycles. The van der Waals surface area contributed by atoms with E-state index in [1.54, 1.807) is 47.1 Å². The molecule has 0 spiro atoms. The van der Waals surface area contributed by atoms with Crippen LogP contribution in [0.15, 0.2) is 48.5 Å². The van der Waals surface area contributed by atoms with E-state index in [-0.39, 0.29) is 18.6 Å². The van der Waals surface area contributed by atoms with E-state index >= 15 is 0 Å². The second-order valence-electron chi connectivity index (χ2n) is 6.35. The van der Waals surface area contributed by atoms with Crippen molar-refractivity contribution < 1.29 is 14.3 Å². The summed E-state index contributed by atoms with van der Waals surface area (Å²) in [6, 6.07) is 13.3. The van der Waals surface area contributed by atoms with Gasteiger partial charge in [-0.1, -0.05) is 12.1 Å². The van der Waals surface area contributed by atoms with Crippen LogP contribution in [0.1, 0.15) is 46.4 Å². The zero-order chi connectivity index (χ0) is 20.1. The fourth-order valence-corrected chi connectivity index (χ4v) is 2.54. The number of anilines is 1. The minimum atomic E-state index is -0.560. The molecule has 0 aliphatic rings. The van der Waals surface area contributed by atoms with Crippen LogP contribution in [0.5, 0.6) is 5.75 Å². The van der Waals surface area contributed by atoms with Gasteiger partial charge in [0.15, 0.2) is 5.82 Å². The van der Waals surface area contributed by atoms with Crippen molar-refractivity contribution in [1.29, 1.82) is 0 Å². The molecule has 2 aromatic carbocycles. The van der Waals surface area contributed by atoms with Crippen molar-refractivity contribution >= 4 is 17.5 Å². The number of aromatic nitrogens is 4. The lowest BCUT2D eigenvalue weighted by Gasteiger charge is -2.10. The third-order valence-electron chi connectivity index (χ3n) is 3.92. The van der Waals surface area contributed by atoms with Crippen molar-refractivity contribution in [1.82, 2.24) is 20.2 Å². The lowest BCUT2D eigenvalue weighted by Crippen LogP contribution is -2.14. The highest BCUT2D eigenvalue weighted by molar-refractivity contribution is 6.05. The zero-order valence-corrected chi connectivity index (χ0v) is 15.5. The van der Waals surface area contributed by atoms with Crippen LogP contribution in [0.4, 0.5) is 5.69 Å². The van der Waals surface area contributed by atoms with E-state index in [0.717, 1.165) is 0 Å². The molecule has 0 aliphatic heterocycles. The van der Waals surface area contributed by atoms with E-state index < -0.39 is 5.91 Å². The summed E-state index contributed by atoms with van der Waals surface area (Å²) in [5.74, 6) is 0.208. The molecule has 0 saturated heterocycles. The van der Waals surface area contributed by atoms with Crippen LogP contribution in [0.3, 0.4) is 0 Å². The number of nitrogens with two attached hydrogens (primary N) is 1. The van der Waals surface area contributed by atoms with Gasteiger partial charge in [-0.05, 0) is 60.7 Å². The normalized spacial score (nSPS) is 10.7. The first-order chi connectivity index (χ1) is 13.4. The highest BCUT2D eigenvalue weighted by Gasteiger charge is 2.12. The van der Waals surface area contributed by atoms with Crippen molar-refractivity contribution in [2.45, 2.75) is 26.5 Å².